The third-order valence-corrected chi connectivity index (χ3v) is 4.40. The summed E-state index contributed by atoms with van der Waals surface area (Å²) >= 11 is 0. The quantitative estimate of drug-likeness (QED) is 0.422. The van der Waals surface area contributed by atoms with Gasteiger partial charge < -0.3 is 0 Å². The number of hydrogen-bond acceptors (Lipinski definition) is 3. The van der Waals surface area contributed by atoms with Crippen LogP contribution in [0.4, 0.5) is 0 Å². The van der Waals surface area contributed by atoms with Crippen LogP contribution in [0.2, 0.25) is 0 Å². The Morgan fingerprint density at radius 2 is 1.70 bits per heavy atom. The lowest BCUT2D eigenvalue weighted by molar-refractivity contribution is 0.0950. The Kier molecular flexibility index (Phi) is 4.49. The average Bonchev–Trinajstić information content (AvgIpc) is 3.22. The van der Waals surface area contributed by atoms with E-state index in [1.165, 1.54) is 0 Å². The minimum atomic E-state index is -0.329. The van der Waals surface area contributed by atoms with Crippen LogP contribution in [0.25, 0.3) is 22.0 Å². The monoisotopic (exact) mass is 354 g/mol. The molecule has 0 spiro atoms. The van der Waals surface area contributed by atoms with Crippen LogP contribution in [-0.4, -0.2) is 21.8 Å². The second-order valence-electron chi connectivity index (χ2n) is 6.20. The van der Waals surface area contributed by atoms with E-state index < -0.39 is 0 Å². The second kappa shape index (κ2) is 7.25. The fourth-order valence-electron chi connectivity index (χ4n) is 2.99. The van der Waals surface area contributed by atoms with E-state index in [-0.39, 0.29) is 5.91 Å². The molecule has 4 aromatic rings. The van der Waals surface area contributed by atoms with Gasteiger partial charge in [0.15, 0.2) is 0 Å². The number of aromatic nitrogens is 2. The molecule has 0 fully saturated rings. The Hall–Kier alpha value is -3.73. The highest BCUT2D eigenvalue weighted by Crippen LogP contribution is 2.19. The van der Waals surface area contributed by atoms with E-state index in [9.17, 15) is 4.79 Å². The number of hydrogen-bond donors (Lipinski definition) is 2. The highest BCUT2D eigenvalue weighted by atomic mass is 16.2. The first-order valence-corrected chi connectivity index (χ1v) is 8.66. The van der Waals surface area contributed by atoms with E-state index in [4.69, 9.17) is 0 Å². The third kappa shape index (κ3) is 3.48. The molecular weight excluding hydrogens is 336 g/mol. The van der Waals surface area contributed by atoms with Crippen LogP contribution < -0.4 is 5.43 Å². The summed E-state index contributed by atoms with van der Waals surface area (Å²) in [5, 5.41) is 13.5. The normalized spacial score (nSPS) is 11.5. The van der Waals surface area contributed by atoms with Crippen LogP contribution in [0.3, 0.4) is 0 Å². The summed E-state index contributed by atoms with van der Waals surface area (Å²) in [5.74, 6) is -0.329. The maximum Gasteiger partial charge on any atom is 0.289 e. The predicted octanol–water partition coefficient (Wildman–Crippen LogP) is 4.38. The third-order valence-electron chi connectivity index (χ3n) is 4.40. The first-order valence-electron chi connectivity index (χ1n) is 8.66. The van der Waals surface area contributed by atoms with Crippen LogP contribution in [0, 0.1) is 0 Å². The molecule has 1 amide bonds. The van der Waals surface area contributed by atoms with E-state index >= 15 is 0 Å². The molecule has 1 heterocycles. The molecule has 1 aromatic heterocycles. The van der Waals surface area contributed by atoms with E-state index in [0.29, 0.717) is 5.69 Å². The van der Waals surface area contributed by atoms with Gasteiger partial charge in [-0.3, -0.25) is 9.89 Å². The molecule has 0 bridgehead atoms. The van der Waals surface area contributed by atoms with Crippen molar-refractivity contribution in [2.75, 3.05) is 0 Å². The van der Waals surface area contributed by atoms with E-state index in [0.717, 1.165) is 33.3 Å². The molecule has 0 aliphatic rings. The van der Waals surface area contributed by atoms with Gasteiger partial charge in [0, 0.05) is 11.1 Å². The number of benzene rings is 3. The highest BCUT2D eigenvalue weighted by molar-refractivity contribution is 6.10. The molecule has 5 nitrogen and oxygen atoms in total. The number of nitrogens with one attached hydrogen (secondary N) is 2. The summed E-state index contributed by atoms with van der Waals surface area (Å²) in [6, 6.07) is 25.5. The zero-order valence-electron chi connectivity index (χ0n) is 14.8. The van der Waals surface area contributed by atoms with Crippen molar-refractivity contribution in [1.29, 1.82) is 0 Å². The maximum atomic E-state index is 12.4. The van der Waals surface area contributed by atoms with Crippen LogP contribution >= 0.6 is 0 Å². The second-order valence-corrected chi connectivity index (χ2v) is 6.20. The fraction of sp³-hybridized carbons (Fsp3) is 0.0455. The van der Waals surface area contributed by atoms with Gasteiger partial charge >= 0.3 is 0 Å². The summed E-state index contributed by atoms with van der Waals surface area (Å²) < 4.78 is 0. The Bertz CT molecular complexity index is 1120. The van der Waals surface area contributed by atoms with E-state index in [1.807, 2.05) is 67.6 Å². The molecular formula is C22H18N4O. The largest absolute Gasteiger partial charge is 0.289 e. The molecule has 4 rings (SSSR count). The summed E-state index contributed by atoms with van der Waals surface area (Å²) in [6.07, 6.45) is 0. The zero-order chi connectivity index (χ0) is 18.6. The first-order chi connectivity index (χ1) is 13.2. The SMILES string of the molecule is C/C(=N\NC(=O)c1cc(-c2ccccc2)n[nH]1)c1cccc2ccccc12. The minimum absolute atomic E-state index is 0.329. The Morgan fingerprint density at radius 3 is 2.56 bits per heavy atom. The van der Waals surface area contributed by atoms with Gasteiger partial charge in [-0.05, 0) is 23.8 Å². The molecule has 0 saturated carbocycles. The zero-order valence-corrected chi connectivity index (χ0v) is 14.8. The average molecular weight is 354 g/mol. The fourth-order valence-corrected chi connectivity index (χ4v) is 2.99. The Balaban J connectivity index is 1.54. The maximum absolute atomic E-state index is 12.4. The van der Waals surface area contributed by atoms with Crippen molar-refractivity contribution < 1.29 is 4.79 Å². The van der Waals surface area contributed by atoms with Crippen molar-refractivity contribution in [2.45, 2.75) is 6.92 Å². The number of aromatic amines is 1. The van der Waals surface area contributed by atoms with E-state index in [1.54, 1.807) is 6.07 Å². The van der Waals surface area contributed by atoms with Crippen LogP contribution in [0.15, 0.2) is 84.0 Å². The number of amides is 1. The van der Waals surface area contributed by atoms with Gasteiger partial charge in [-0.2, -0.15) is 10.2 Å². The summed E-state index contributed by atoms with van der Waals surface area (Å²) in [7, 11) is 0. The van der Waals surface area contributed by atoms with Crippen LogP contribution in [0.5, 0.6) is 0 Å². The van der Waals surface area contributed by atoms with Crippen LogP contribution in [-0.2, 0) is 0 Å². The summed E-state index contributed by atoms with van der Waals surface area (Å²) in [5.41, 5.74) is 6.36. The Morgan fingerprint density at radius 1 is 0.963 bits per heavy atom. The van der Waals surface area contributed by atoms with Crippen molar-refractivity contribution in [3.05, 3.63) is 90.1 Å². The summed E-state index contributed by atoms with van der Waals surface area (Å²) in [4.78, 5) is 12.4. The van der Waals surface area contributed by atoms with Crippen molar-refractivity contribution in [2.24, 2.45) is 5.10 Å². The number of nitrogens with zero attached hydrogens (tertiary/aromatic N) is 2. The number of carbonyl (C=O) groups is 1. The molecule has 3 aromatic carbocycles. The number of rotatable bonds is 4. The molecule has 0 aliphatic heterocycles. The van der Waals surface area contributed by atoms with Crippen molar-refractivity contribution in [1.82, 2.24) is 15.6 Å². The van der Waals surface area contributed by atoms with Crippen molar-refractivity contribution in [3.63, 3.8) is 0 Å². The molecule has 0 aliphatic carbocycles. The standard InChI is InChI=1S/C22H18N4O/c1-15(18-13-7-11-16-8-5-6-12-19(16)18)23-26-22(27)21-14-20(24-25-21)17-9-3-2-4-10-17/h2-14H,1H3,(H,24,25)(H,26,27)/b23-15+. The molecule has 0 unspecified atom stereocenters. The topological polar surface area (TPSA) is 70.1 Å². The molecule has 0 saturated heterocycles. The lowest BCUT2D eigenvalue weighted by Gasteiger charge is -2.06. The summed E-state index contributed by atoms with van der Waals surface area (Å²) in [6.45, 7) is 1.88. The van der Waals surface area contributed by atoms with Crippen molar-refractivity contribution >= 4 is 22.4 Å². The molecule has 0 atom stereocenters. The lowest BCUT2D eigenvalue weighted by atomic mass is 10.0. The Labute approximate surface area is 156 Å². The van der Waals surface area contributed by atoms with E-state index in [2.05, 4.69) is 32.9 Å². The van der Waals surface area contributed by atoms with Gasteiger partial charge in [0.1, 0.15) is 5.69 Å². The molecule has 2 N–H and O–H groups in total. The van der Waals surface area contributed by atoms with Gasteiger partial charge in [0.2, 0.25) is 0 Å². The molecule has 132 valence electrons. The molecule has 0 radical (unpaired) electrons. The van der Waals surface area contributed by atoms with Gasteiger partial charge in [-0.25, -0.2) is 5.43 Å². The first kappa shape index (κ1) is 16.7. The molecule has 5 heteroatoms. The van der Waals surface area contributed by atoms with Gasteiger partial charge in [0.05, 0.1) is 11.4 Å². The number of fused-ring (bicyclic) bond motifs is 1. The number of H-pyrrole nitrogens is 1. The predicted molar refractivity (Wildman–Crippen MR) is 108 cm³/mol. The van der Waals surface area contributed by atoms with Crippen molar-refractivity contribution in [3.8, 4) is 11.3 Å². The lowest BCUT2D eigenvalue weighted by Crippen LogP contribution is -2.19. The van der Waals surface area contributed by atoms with Gasteiger partial charge in [-0.15, -0.1) is 0 Å². The highest BCUT2D eigenvalue weighted by Gasteiger charge is 2.11. The number of carbonyl (C=O) groups excluding carboxylic acids is 1. The van der Waals surface area contributed by atoms with Gasteiger partial charge in [0.25, 0.3) is 5.91 Å². The van der Waals surface area contributed by atoms with Gasteiger partial charge in [-0.1, -0.05) is 72.8 Å². The minimum Gasteiger partial charge on any atom is -0.272 e. The molecule has 27 heavy (non-hydrogen) atoms. The number of hydrazone groups is 1. The van der Waals surface area contributed by atoms with Crippen LogP contribution in [0.1, 0.15) is 23.0 Å². The smallest absolute Gasteiger partial charge is 0.272 e.